The zero-order chi connectivity index (χ0) is 13.2. The zero-order valence-corrected chi connectivity index (χ0v) is 12.3. The molecule has 0 saturated heterocycles. The van der Waals surface area contributed by atoms with Crippen LogP contribution in [0, 0.1) is 0 Å². The predicted octanol–water partition coefficient (Wildman–Crippen LogP) is 2.94. The second-order valence-corrected chi connectivity index (χ2v) is 5.31. The number of ether oxygens (including phenoxy) is 2. The lowest BCUT2D eigenvalue weighted by atomic mass is 10.2. The van der Waals surface area contributed by atoms with E-state index in [0.29, 0.717) is 0 Å². The van der Waals surface area contributed by atoms with Crippen LogP contribution in [0.15, 0.2) is 18.2 Å². The molecule has 0 spiro atoms. The standard InChI is InChI=1S/C14H23NO2S/c1-4-18-9-5-8-15-11-12-6-7-13(16-2)14(10-12)17-3/h6-7,10,15H,4-5,8-9,11H2,1-3H3. The molecular formula is C14H23NO2S. The van der Waals surface area contributed by atoms with Gasteiger partial charge < -0.3 is 14.8 Å². The number of rotatable bonds is 9. The average molecular weight is 269 g/mol. The summed E-state index contributed by atoms with van der Waals surface area (Å²) in [5.74, 6) is 4.00. The summed E-state index contributed by atoms with van der Waals surface area (Å²) in [5.41, 5.74) is 1.22. The van der Waals surface area contributed by atoms with Gasteiger partial charge in [-0.05, 0) is 42.2 Å². The van der Waals surface area contributed by atoms with Gasteiger partial charge in [-0.2, -0.15) is 11.8 Å². The molecule has 0 atom stereocenters. The summed E-state index contributed by atoms with van der Waals surface area (Å²) in [7, 11) is 3.32. The molecule has 0 fully saturated rings. The van der Waals surface area contributed by atoms with Crippen LogP contribution in [0.25, 0.3) is 0 Å². The molecule has 0 aromatic heterocycles. The van der Waals surface area contributed by atoms with Crippen LogP contribution in [0.5, 0.6) is 11.5 Å². The Hall–Kier alpha value is -0.870. The second kappa shape index (κ2) is 9.11. The van der Waals surface area contributed by atoms with E-state index in [1.54, 1.807) is 14.2 Å². The van der Waals surface area contributed by atoms with Crippen molar-refractivity contribution < 1.29 is 9.47 Å². The third kappa shape index (κ3) is 5.19. The van der Waals surface area contributed by atoms with Crippen LogP contribution in [-0.2, 0) is 6.54 Å². The molecule has 0 aliphatic carbocycles. The SMILES string of the molecule is CCSCCCNCc1ccc(OC)c(OC)c1. The minimum Gasteiger partial charge on any atom is -0.493 e. The number of hydrogen-bond acceptors (Lipinski definition) is 4. The molecule has 18 heavy (non-hydrogen) atoms. The third-order valence-corrected chi connectivity index (χ3v) is 3.61. The fraction of sp³-hybridized carbons (Fsp3) is 0.571. The maximum atomic E-state index is 5.28. The van der Waals surface area contributed by atoms with E-state index in [4.69, 9.17) is 9.47 Å². The van der Waals surface area contributed by atoms with E-state index in [1.165, 1.54) is 23.5 Å². The topological polar surface area (TPSA) is 30.5 Å². The molecule has 0 saturated carbocycles. The van der Waals surface area contributed by atoms with Gasteiger partial charge in [0, 0.05) is 6.54 Å². The van der Waals surface area contributed by atoms with E-state index in [1.807, 2.05) is 23.9 Å². The molecule has 1 rings (SSSR count). The van der Waals surface area contributed by atoms with Gasteiger partial charge in [-0.15, -0.1) is 0 Å². The number of thioether (sulfide) groups is 1. The molecule has 0 radical (unpaired) electrons. The van der Waals surface area contributed by atoms with Crippen molar-refractivity contribution in [2.24, 2.45) is 0 Å². The number of benzene rings is 1. The maximum Gasteiger partial charge on any atom is 0.161 e. The monoisotopic (exact) mass is 269 g/mol. The summed E-state index contributed by atoms with van der Waals surface area (Å²) >= 11 is 1.99. The Labute approximate surface area is 114 Å². The Morgan fingerprint density at radius 1 is 1.17 bits per heavy atom. The molecule has 0 unspecified atom stereocenters. The Balaban J connectivity index is 2.34. The zero-order valence-electron chi connectivity index (χ0n) is 11.5. The van der Waals surface area contributed by atoms with Crippen molar-refractivity contribution in [3.8, 4) is 11.5 Å². The average Bonchev–Trinajstić information content (AvgIpc) is 2.42. The van der Waals surface area contributed by atoms with E-state index in [2.05, 4.69) is 18.3 Å². The first-order valence-corrected chi connectivity index (χ1v) is 7.46. The van der Waals surface area contributed by atoms with Gasteiger partial charge in [-0.3, -0.25) is 0 Å². The highest BCUT2D eigenvalue weighted by atomic mass is 32.2. The van der Waals surface area contributed by atoms with Crippen LogP contribution < -0.4 is 14.8 Å². The quantitative estimate of drug-likeness (QED) is 0.698. The summed E-state index contributed by atoms with van der Waals surface area (Å²) in [6, 6.07) is 6.03. The van der Waals surface area contributed by atoms with Crippen LogP contribution in [0.2, 0.25) is 0 Å². The van der Waals surface area contributed by atoms with Crippen molar-refractivity contribution in [1.82, 2.24) is 5.32 Å². The van der Waals surface area contributed by atoms with Crippen molar-refractivity contribution in [1.29, 1.82) is 0 Å². The van der Waals surface area contributed by atoms with E-state index < -0.39 is 0 Å². The van der Waals surface area contributed by atoms with Gasteiger partial charge in [-0.1, -0.05) is 13.0 Å². The smallest absolute Gasteiger partial charge is 0.161 e. The highest BCUT2D eigenvalue weighted by Gasteiger charge is 2.03. The van der Waals surface area contributed by atoms with Crippen LogP contribution in [0.1, 0.15) is 18.9 Å². The lowest BCUT2D eigenvalue weighted by molar-refractivity contribution is 0.354. The van der Waals surface area contributed by atoms with Crippen molar-refractivity contribution >= 4 is 11.8 Å². The van der Waals surface area contributed by atoms with Crippen LogP contribution in [0.3, 0.4) is 0 Å². The lowest BCUT2D eigenvalue weighted by Gasteiger charge is -2.10. The number of nitrogens with one attached hydrogen (secondary N) is 1. The van der Waals surface area contributed by atoms with Gasteiger partial charge in [-0.25, -0.2) is 0 Å². The van der Waals surface area contributed by atoms with Gasteiger partial charge >= 0.3 is 0 Å². The molecule has 102 valence electrons. The van der Waals surface area contributed by atoms with Crippen molar-refractivity contribution in [3.05, 3.63) is 23.8 Å². The van der Waals surface area contributed by atoms with Crippen LogP contribution >= 0.6 is 11.8 Å². The molecule has 1 N–H and O–H groups in total. The summed E-state index contributed by atoms with van der Waals surface area (Å²) in [5, 5.41) is 3.44. The lowest BCUT2D eigenvalue weighted by Crippen LogP contribution is -2.15. The summed E-state index contributed by atoms with van der Waals surface area (Å²) in [6.45, 7) is 4.13. The van der Waals surface area contributed by atoms with Crippen LogP contribution in [0.4, 0.5) is 0 Å². The Kier molecular flexibility index (Phi) is 7.69. The molecule has 4 heteroatoms. The highest BCUT2D eigenvalue weighted by Crippen LogP contribution is 2.27. The Bertz CT molecular complexity index is 345. The van der Waals surface area contributed by atoms with Crippen molar-refractivity contribution in [2.75, 3.05) is 32.3 Å². The molecule has 1 aromatic carbocycles. The normalized spacial score (nSPS) is 10.4. The molecule has 0 aliphatic heterocycles. The highest BCUT2D eigenvalue weighted by molar-refractivity contribution is 7.99. The van der Waals surface area contributed by atoms with Crippen LogP contribution in [-0.4, -0.2) is 32.3 Å². The fourth-order valence-corrected chi connectivity index (χ4v) is 2.30. The molecule has 0 heterocycles. The Morgan fingerprint density at radius 2 is 1.94 bits per heavy atom. The first-order valence-electron chi connectivity index (χ1n) is 6.31. The third-order valence-electron chi connectivity index (χ3n) is 2.62. The molecule has 1 aromatic rings. The van der Waals surface area contributed by atoms with Gasteiger partial charge in [0.1, 0.15) is 0 Å². The Morgan fingerprint density at radius 3 is 2.61 bits per heavy atom. The molecule has 3 nitrogen and oxygen atoms in total. The fourth-order valence-electron chi connectivity index (χ4n) is 1.67. The summed E-state index contributed by atoms with van der Waals surface area (Å²) < 4.78 is 10.5. The van der Waals surface area contributed by atoms with E-state index >= 15 is 0 Å². The van der Waals surface area contributed by atoms with Gasteiger partial charge in [0.05, 0.1) is 14.2 Å². The van der Waals surface area contributed by atoms with Crippen molar-refractivity contribution in [3.63, 3.8) is 0 Å². The number of methoxy groups -OCH3 is 2. The second-order valence-electron chi connectivity index (χ2n) is 3.92. The summed E-state index contributed by atoms with van der Waals surface area (Å²) in [4.78, 5) is 0. The van der Waals surface area contributed by atoms with E-state index in [0.717, 1.165) is 24.6 Å². The molecular weight excluding hydrogens is 246 g/mol. The first-order chi connectivity index (χ1) is 8.81. The maximum absolute atomic E-state index is 5.28. The molecule has 0 amide bonds. The summed E-state index contributed by atoms with van der Waals surface area (Å²) in [6.07, 6.45) is 1.21. The van der Waals surface area contributed by atoms with Gasteiger partial charge in [0.2, 0.25) is 0 Å². The first kappa shape index (κ1) is 15.2. The number of hydrogen-bond donors (Lipinski definition) is 1. The molecule has 0 aliphatic rings. The van der Waals surface area contributed by atoms with Gasteiger partial charge in [0.25, 0.3) is 0 Å². The predicted molar refractivity (Wildman–Crippen MR) is 78.9 cm³/mol. The van der Waals surface area contributed by atoms with Crippen molar-refractivity contribution in [2.45, 2.75) is 19.9 Å². The minimum absolute atomic E-state index is 0.778. The minimum atomic E-state index is 0.778. The van der Waals surface area contributed by atoms with E-state index in [9.17, 15) is 0 Å². The largest absolute Gasteiger partial charge is 0.493 e. The van der Waals surface area contributed by atoms with Gasteiger partial charge in [0.15, 0.2) is 11.5 Å². The van der Waals surface area contributed by atoms with E-state index in [-0.39, 0.29) is 0 Å². The molecule has 0 bridgehead atoms.